The van der Waals surface area contributed by atoms with E-state index in [2.05, 4.69) is 0 Å². The molecule has 0 bridgehead atoms. The third-order valence-corrected chi connectivity index (χ3v) is 4.59. The molecule has 1 aromatic heterocycles. The third kappa shape index (κ3) is 2.79. The molecule has 1 aromatic carbocycles. The van der Waals surface area contributed by atoms with Crippen LogP contribution in [0.4, 0.5) is 0 Å². The number of phenols is 2. The van der Waals surface area contributed by atoms with Crippen LogP contribution in [0, 0.1) is 6.92 Å². The molecule has 1 unspecified atom stereocenters. The number of amides is 1. The van der Waals surface area contributed by atoms with Crippen LogP contribution < -0.4 is 5.63 Å². The Morgan fingerprint density at radius 1 is 1.32 bits per heavy atom. The van der Waals surface area contributed by atoms with Gasteiger partial charge in [-0.05, 0) is 37.5 Å². The lowest BCUT2D eigenvalue weighted by atomic mass is 10.0. The molecule has 1 aliphatic rings. The van der Waals surface area contributed by atoms with Crippen molar-refractivity contribution in [1.29, 1.82) is 0 Å². The fraction of sp³-hybridized carbons (Fsp3) is 0.353. The van der Waals surface area contributed by atoms with Crippen molar-refractivity contribution in [1.82, 2.24) is 4.90 Å². The molecule has 0 spiro atoms. The fourth-order valence-corrected chi connectivity index (χ4v) is 3.21. The van der Waals surface area contributed by atoms with Gasteiger partial charge in [0.2, 0.25) is 11.7 Å². The van der Waals surface area contributed by atoms with Gasteiger partial charge in [0.25, 0.3) is 0 Å². The van der Waals surface area contributed by atoms with Gasteiger partial charge in [-0.2, -0.15) is 0 Å². The van der Waals surface area contributed by atoms with Crippen molar-refractivity contribution in [3.8, 4) is 11.5 Å². The van der Waals surface area contributed by atoms with Crippen molar-refractivity contribution in [2.45, 2.75) is 32.2 Å². The van der Waals surface area contributed by atoms with Crippen LogP contribution in [0.5, 0.6) is 11.5 Å². The summed E-state index contributed by atoms with van der Waals surface area (Å²) in [5, 5.41) is 28.9. The van der Waals surface area contributed by atoms with E-state index in [1.807, 2.05) is 0 Å². The Labute approximate surface area is 141 Å². The first-order chi connectivity index (χ1) is 11.8. The van der Waals surface area contributed by atoms with Crippen molar-refractivity contribution in [2.75, 3.05) is 6.54 Å². The van der Waals surface area contributed by atoms with Gasteiger partial charge in [-0.3, -0.25) is 4.79 Å². The van der Waals surface area contributed by atoms with E-state index in [0.717, 1.165) is 0 Å². The van der Waals surface area contributed by atoms with E-state index in [1.54, 1.807) is 6.92 Å². The number of likely N-dealkylation sites (tertiary alicyclic amines) is 1. The molecule has 3 N–H and O–H groups in total. The van der Waals surface area contributed by atoms with Gasteiger partial charge >= 0.3 is 11.6 Å². The lowest BCUT2D eigenvalue weighted by Crippen LogP contribution is -2.41. The van der Waals surface area contributed by atoms with Gasteiger partial charge in [0.1, 0.15) is 6.04 Å². The molecular weight excluding hydrogens is 330 g/mol. The van der Waals surface area contributed by atoms with Crippen LogP contribution in [0.15, 0.2) is 21.3 Å². The van der Waals surface area contributed by atoms with Crippen LogP contribution in [0.1, 0.15) is 24.0 Å². The molecule has 1 atom stereocenters. The van der Waals surface area contributed by atoms with Gasteiger partial charge in [-0.25, -0.2) is 9.59 Å². The van der Waals surface area contributed by atoms with Gasteiger partial charge < -0.3 is 24.6 Å². The minimum Gasteiger partial charge on any atom is -0.504 e. The summed E-state index contributed by atoms with van der Waals surface area (Å²) in [6.45, 7) is 1.94. The molecule has 25 heavy (non-hydrogen) atoms. The lowest BCUT2D eigenvalue weighted by molar-refractivity contribution is -0.148. The number of aliphatic carboxylic acids is 1. The summed E-state index contributed by atoms with van der Waals surface area (Å²) >= 11 is 0. The average molecular weight is 347 g/mol. The summed E-state index contributed by atoms with van der Waals surface area (Å²) in [6, 6.07) is 1.87. The Bertz CT molecular complexity index is 931. The largest absolute Gasteiger partial charge is 0.504 e. The Hall–Kier alpha value is -3.03. The van der Waals surface area contributed by atoms with Crippen molar-refractivity contribution in [3.05, 3.63) is 33.7 Å². The molecule has 1 aliphatic heterocycles. The molecule has 8 heteroatoms. The fourth-order valence-electron chi connectivity index (χ4n) is 3.21. The third-order valence-electron chi connectivity index (χ3n) is 4.59. The lowest BCUT2D eigenvalue weighted by Gasteiger charge is -2.21. The number of carboxylic acids is 1. The Morgan fingerprint density at radius 3 is 2.72 bits per heavy atom. The molecule has 0 radical (unpaired) electrons. The smallest absolute Gasteiger partial charge is 0.340 e. The first-order valence-electron chi connectivity index (χ1n) is 7.80. The van der Waals surface area contributed by atoms with Crippen LogP contribution in [-0.4, -0.2) is 44.7 Å². The van der Waals surface area contributed by atoms with Gasteiger partial charge in [-0.1, -0.05) is 0 Å². The van der Waals surface area contributed by atoms with E-state index in [-0.39, 0.29) is 17.6 Å². The molecular formula is C17H17NO7. The second-order valence-corrected chi connectivity index (χ2v) is 6.06. The van der Waals surface area contributed by atoms with Crippen LogP contribution in [-0.2, 0) is 16.0 Å². The Morgan fingerprint density at radius 2 is 2.04 bits per heavy atom. The van der Waals surface area contributed by atoms with Crippen LogP contribution in [0.3, 0.4) is 0 Å². The van der Waals surface area contributed by atoms with Gasteiger partial charge in [0.15, 0.2) is 11.3 Å². The number of aromatic hydroxyl groups is 2. The van der Waals surface area contributed by atoms with Crippen molar-refractivity contribution >= 4 is 22.8 Å². The summed E-state index contributed by atoms with van der Waals surface area (Å²) in [4.78, 5) is 37.2. The monoisotopic (exact) mass is 347 g/mol. The molecule has 0 saturated carbocycles. The number of carbonyl (C=O) groups is 2. The minimum atomic E-state index is -1.06. The number of rotatable bonds is 3. The first-order valence-corrected chi connectivity index (χ1v) is 7.80. The van der Waals surface area contributed by atoms with Gasteiger partial charge in [-0.15, -0.1) is 0 Å². The predicted molar refractivity (Wildman–Crippen MR) is 86.6 cm³/mol. The zero-order valence-corrected chi connectivity index (χ0v) is 13.5. The highest BCUT2D eigenvalue weighted by Crippen LogP contribution is 2.34. The normalized spacial score (nSPS) is 17.2. The standard InChI is InChI=1S/C17H17NO7/c1-8-9-4-5-12(19)14(21)15(9)25-17(24)10(8)7-13(20)18-6-2-3-11(18)16(22)23/h4-5,11,19,21H,2-3,6-7H2,1H3,(H,22,23). The minimum absolute atomic E-state index is 0.110. The second kappa shape index (κ2) is 6.12. The number of fused-ring (bicyclic) bond motifs is 1. The molecule has 3 rings (SSSR count). The zero-order valence-electron chi connectivity index (χ0n) is 13.5. The Balaban J connectivity index is 1.99. The maximum atomic E-state index is 12.5. The average Bonchev–Trinajstić information content (AvgIpc) is 3.05. The summed E-state index contributed by atoms with van der Waals surface area (Å²) in [7, 11) is 0. The summed E-state index contributed by atoms with van der Waals surface area (Å²) in [5.74, 6) is -2.47. The number of carbonyl (C=O) groups excluding carboxylic acids is 1. The van der Waals surface area contributed by atoms with Gasteiger partial charge in [0, 0.05) is 11.9 Å². The molecule has 8 nitrogen and oxygen atoms in total. The molecule has 1 amide bonds. The van der Waals surface area contributed by atoms with Crippen LogP contribution in [0.2, 0.25) is 0 Å². The summed E-state index contributed by atoms with van der Waals surface area (Å²) < 4.78 is 5.07. The van der Waals surface area contributed by atoms with E-state index in [9.17, 15) is 29.7 Å². The second-order valence-electron chi connectivity index (χ2n) is 6.06. The highest BCUT2D eigenvalue weighted by molar-refractivity contribution is 5.90. The Kier molecular flexibility index (Phi) is 4.12. The van der Waals surface area contributed by atoms with Crippen molar-refractivity contribution in [2.24, 2.45) is 0 Å². The van der Waals surface area contributed by atoms with Crippen molar-refractivity contribution < 1.29 is 29.3 Å². The topological polar surface area (TPSA) is 128 Å². The quantitative estimate of drug-likeness (QED) is 0.561. The number of phenolic OH excluding ortho intramolecular Hbond substituents is 2. The van der Waals surface area contributed by atoms with E-state index in [1.165, 1.54) is 17.0 Å². The number of hydrogen-bond donors (Lipinski definition) is 3. The summed E-state index contributed by atoms with van der Waals surface area (Å²) in [6.07, 6.45) is 0.705. The number of aryl methyl sites for hydroxylation is 1. The first kappa shape index (κ1) is 16.8. The maximum absolute atomic E-state index is 12.5. The number of carboxylic acid groups (broad SMARTS) is 1. The van der Waals surface area contributed by atoms with E-state index in [0.29, 0.717) is 30.3 Å². The van der Waals surface area contributed by atoms with E-state index < -0.39 is 35.0 Å². The summed E-state index contributed by atoms with van der Waals surface area (Å²) in [5.41, 5.74) is -0.395. The molecule has 1 fully saturated rings. The van der Waals surface area contributed by atoms with Crippen LogP contribution in [0.25, 0.3) is 11.0 Å². The molecule has 2 aromatic rings. The molecule has 0 aliphatic carbocycles. The van der Waals surface area contributed by atoms with E-state index in [4.69, 9.17) is 4.42 Å². The van der Waals surface area contributed by atoms with E-state index >= 15 is 0 Å². The zero-order chi connectivity index (χ0) is 18.3. The molecule has 132 valence electrons. The van der Waals surface area contributed by atoms with Crippen LogP contribution >= 0.6 is 0 Å². The number of benzene rings is 1. The highest BCUT2D eigenvalue weighted by Gasteiger charge is 2.34. The van der Waals surface area contributed by atoms with Crippen molar-refractivity contribution in [3.63, 3.8) is 0 Å². The maximum Gasteiger partial charge on any atom is 0.340 e. The molecule has 1 saturated heterocycles. The highest BCUT2D eigenvalue weighted by atomic mass is 16.4. The number of hydrogen-bond acceptors (Lipinski definition) is 6. The SMILES string of the molecule is Cc1c(CC(=O)N2CCCC2C(=O)O)c(=O)oc2c(O)c(O)ccc12. The van der Waals surface area contributed by atoms with Gasteiger partial charge in [0.05, 0.1) is 12.0 Å². The molecule has 2 heterocycles. The predicted octanol–water partition coefficient (Wildman–Crippen LogP) is 1.13. The number of nitrogens with zero attached hydrogens (tertiary/aromatic N) is 1.